The van der Waals surface area contributed by atoms with E-state index < -0.39 is 32.0 Å². The first kappa shape index (κ1) is 49.2. The van der Waals surface area contributed by atoms with Gasteiger partial charge in [-0.2, -0.15) is 0 Å². The van der Waals surface area contributed by atoms with Gasteiger partial charge in [-0.1, -0.05) is 167 Å². The molecule has 0 radical (unpaired) electrons. The Morgan fingerprint density at radius 3 is 1.56 bits per heavy atom. The van der Waals surface area contributed by atoms with Crippen LogP contribution in [0.2, 0.25) is 0 Å². The fraction of sp³-hybridized carbons (Fsp3) is 0.925. The summed E-state index contributed by atoms with van der Waals surface area (Å²) in [6.45, 7) is 4.03. The molecule has 4 unspecified atom stereocenters. The van der Waals surface area contributed by atoms with Crippen LogP contribution in [0.3, 0.4) is 0 Å². The third-order valence-corrected chi connectivity index (χ3v) is 10.4. The molecular formula is C40H81N2O7P. The number of carbonyl (C=O) groups excluding carboxylic acids is 1. The van der Waals surface area contributed by atoms with Crippen LogP contribution in [0.25, 0.3) is 0 Å². The second-order valence-corrected chi connectivity index (χ2v) is 15.8. The Morgan fingerprint density at radius 2 is 1.08 bits per heavy atom. The van der Waals surface area contributed by atoms with Crippen molar-refractivity contribution in [2.24, 2.45) is 5.73 Å². The highest BCUT2D eigenvalue weighted by molar-refractivity contribution is 7.47. The smallest absolute Gasteiger partial charge is 0.393 e. The number of hydrogen-bond donors (Lipinski definition) is 5. The quantitative estimate of drug-likeness (QED) is 0.0238. The molecule has 0 aliphatic rings. The lowest BCUT2D eigenvalue weighted by atomic mass is 10.0. The first-order valence-electron chi connectivity index (χ1n) is 20.9. The highest BCUT2D eigenvalue weighted by Crippen LogP contribution is 2.43. The number of unbranched alkanes of at least 4 members (excludes halogenated alkanes) is 23. The molecule has 0 aromatic rings. The maximum atomic E-state index is 12.8. The van der Waals surface area contributed by atoms with Gasteiger partial charge in [0.1, 0.15) is 0 Å². The van der Waals surface area contributed by atoms with E-state index in [1.54, 1.807) is 0 Å². The van der Waals surface area contributed by atoms with Gasteiger partial charge in [-0.3, -0.25) is 13.8 Å². The molecule has 0 fully saturated rings. The minimum absolute atomic E-state index is 0.0592. The molecule has 10 heteroatoms. The summed E-state index contributed by atoms with van der Waals surface area (Å²) in [5, 5.41) is 24.1. The average molecular weight is 733 g/mol. The van der Waals surface area contributed by atoms with Crippen molar-refractivity contribution in [2.75, 3.05) is 19.8 Å². The Labute approximate surface area is 307 Å². The fourth-order valence-corrected chi connectivity index (χ4v) is 6.99. The van der Waals surface area contributed by atoms with Crippen molar-refractivity contribution in [3.05, 3.63) is 12.2 Å². The molecule has 9 nitrogen and oxygen atoms in total. The molecule has 0 saturated carbocycles. The Bertz CT molecular complexity index is 817. The summed E-state index contributed by atoms with van der Waals surface area (Å²) in [6, 6.07) is -0.897. The van der Waals surface area contributed by atoms with Crippen molar-refractivity contribution in [3.63, 3.8) is 0 Å². The van der Waals surface area contributed by atoms with Crippen molar-refractivity contribution >= 4 is 13.7 Å². The molecule has 0 heterocycles. The SMILES string of the molecule is CCCCCCCCCCC/C=C\CCCCCC(O)CC(=O)NC(COP(=O)(O)OCCN)C(O)CCCCCCCCCCCCCC. The lowest BCUT2D eigenvalue weighted by molar-refractivity contribution is -0.125. The van der Waals surface area contributed by atoms with Crippen molar-refractivity contribution in [1.29, 1.82) is 0 Å². The number of allylic oxidation sites excluding steroid dienone is 2. The van der Waals surface area contributed by atoms with Crippen LogP contribution in [0.5, 0.6) is 0 Å². The molecule has 0 spiro atoms. The largest absolute Gasteiger partial charge is 0.472 e. The Hall–Kier alpha value is -0.800. The summed E-state index contributed by atoms with van der Waals surface area (Å²) >= 11 is 0. The van der Waals surface area contributed by atoms with Crippen LogP contribution in [-0.2, 0) is 18.4 Å². The molecule has 0 aliphatic carbocycles. The van der Waals surface area contributed by atoms with Crippen molar-refractivity contribution in [2.45, 2.75) is 218 Å². The van der Waals surface area contributed by atoms with Crippen LogP contribution in [0, 0.1) is 0 Å². The molecule has 6 N–H and O–H groups in total. The zero-order valence-corrected chi connectivity index (χ0v) is 33.4. The summed E-state index contributed by atoms with van der Waals surface area (Å²) in [6.07, 6.45) is 35.4. The molecular weight excluding hydrogens is 651 g/mol. The van der Waals surface area contributed by atoms with E-state index in [4.69, 9.17) is 14.8 Å². The van der Waals surface area contributed by atoms with Gasteiger partial charge in [0, 0.05) is 6.54 Å². The molecule has 0 rings (SSSR count). The number of nitrogens with one attached hydrogen (secondary N) is 1. The van der Waals surface area contributed by atoms with E-state index >= 15 is 0 Å². The number of hydrogen-bond acceptors (Lipinski definition) is 7. The van der Waals surface area contributed by atoms with Crippen molar-refractivity contribution < 1.29 is 33.5 Å². The van der Waals surface area contributed by atoms with Crippen LogP contribution in [0.15, 0.2) is 12.2 Å². The molecule has 0 bridgehead atoms. The third-order valence-electron chi connectivity index (χ3n) is 9.42. The Balaban J connectivity index is 4.30. The number of aliphatic hydroxyl groups excluding tert-OH is 2. The maximum Gasteiger partial charge on any atom is 0.472 e. The van der Waals surface area contributed by atoms with Gasteiger partial charge >= 0.3 is 7.82 Å². The summed E-state index contributed by atoms with van der Waals surface area (Å²) in [5.41, 5.74) is 5.36. The topological polar surface area (TPSA) is 151 Å². The van der Waals surface area contributed by atoms with E-state index in [0.29, 0.717) is 12.8 Å². The van der Waals surface area contributed by atoms with E-state index in [2.05, 4.69) is 31.3 Å². The first-order chi connectivity index (χ1) is 24.3. The third kappa shape index (κ3) is 34.3. The van der Waals surface area contributed by atoms with Gasteiger partial charge < -0.3 is 26.2 Å². The number of amides is 1. The monoisotopic (exact) mass is 733 g/mol. The van der Waals surface area contributed by atoms with Crippen LogP contribution in [-0.4, -0.2) is 59.0 Å². The van der Waals surface area contributed by atoms with E-state index in [-0.39, 0.29) is 26.2 Å². The lowest BCUT2D eigenvalue weighted by Crippen LogP contribution is -2.47. The average Bonchev–Trinajstić information content (AvgIpc) is 3.09. The molecule has 0 aromatic heterocycles. The van der Waals surface area contributed by atoms with Gasteiger partial charge in [0.2, 0.25) is 5.91 Å². The number of rotatable bonds is 39. The molecule has 4 atom stereocenters. The summed E-state index contributed by atoms with van der Waals surface area (Å²) in [5.74, 6) is -0.421. The second-order valence-electron chi connectivity index (χ2n) is 14.4. The summed E-state index contributed by atoms with van der Waals surface area (Å²) in [7, 11) is -4.37. The minimum Gasteiger partial charge on any atom is -0.393 e. The van der Waals surface area contributed by atoms with Gasteiger partial charge in [-0.15, -0.1) is 0 Å². The molecule has 0 aliphatic heterocycles. The summed E-state index contributed by atoms with van der Waals surface area (Å²) < 4.78 is 22.1. The van der Waals surface area contributed by atoms with Crippen molar-refractivity contribution in [3.8, 4) is 0 Å². The molecule has 0 saturated heterocycles. The first-order valence-corrected chi connectivity index (χ1v) is 22.4. The Morgan fingerprint density at radius 1 is 0.660 bits per heavy atom. The van der Waals surface area contributed by atoms with Gasteiger partial charge in [-0.25, -0.2) is 4.57 Å². The molecule has 1 amide bonds. The van der Waals surface area contributed by atoms with Gasteiger partial charge in [0.15, 0.2) is 0 Å². The van der Waals surface area contributed by atoms with Crippen LogP contribution >= 0.6 is 7.82 Å². The van der Waals surface area contributed by atoms with Crippen LogP contribution in [0.1, 0.15) is 200 Å². The van der Waals surface area contributed by atoms with E-state index in [0.717, 1.165) is 51.4 Å². The highest BCUT2D eigenvalue weighted by Gasteiger charge is 2.28. The van der Waals surface area contributed by atoms with Crippen LogP contribution in [0.4, 0.5) is 0 Å². The Kier molecular flexibility index (Phi) is 36.0. The zero-order valence-electron chi connectivity index (χ0n) is 32.5. The number of phosphoric acid groups is 1. The molecule has 50 heavy (non-hydrogen) atoms. The number of nitrogens with two attached hydrogens (primary N) is 1. The predicted molar refractivity (Wildman–Crippen MR) is 209 cm³/mol. The maximum absolute atomic E-state index is 12.8. The normalized spacial score (nSPS) is 14.9. The number of phosphoric ester groups is 1. The van der Waals surface area contributed by atoms with Gasteiger partial charge in [-0.05, 0) is 38.5 Å². The zero-order chi connectivity index (χ0) is 37.0. The second kappa shape index (κ2) is 36.6. The highest BCUT2D eigenvalue weighted by atomic mass is 31.2. The number of aliphatic hydroxyl groups is 2. The molecule has 0 aromatic carbocycles. The summed E-state index contributed by atoms with van der Waals surface area (Å²) in [4.78, 5) is 22.7. The minimum atomic E-state index is -4.37. The molecule has 298 valence electrons. The van der Waals surface area contributed by atoms with E-state index in [9.17, 15) is 24.5 Å². The van der Waals surface area contributed by atoms with Crippen LogP contribution < -0.4 is 11.1 Å². The number of carbonyl (C=O) groups is 1. The van der Waals surface area contributed by atoms with Crippen molar-refractivity contribution in [1.82, 2.24) is 5.32 Å². The van der Waals surface area contributed by atoms with Gasteiger partial charge in [0.25, 0.3) is 0 Å². The fourth-order valence-electron chi connectivity index (χ4n) is 6.23. The standard InChI is InChI=1S/C40H81N2O7P/c1-3-5-7-9-11-13-15-17-18-19-20-21-23-25-27-29-31-37(43)35-40(45)42-38(36-49-50(46,47)48-34-33-41)39(44)32-30-28-26-24-22-16-14-12-10-8-6-4-2/h20-21,37-39,43-44H,3-19,22-36,41H2,1-2H3,(H,42,45)(H,46,47)/b21-20-. The van der Waals surface area contributed by atoms with E-state index in [1.165, 1.54) is 116 Å². The van der Waals surface area contributed by atoms with E-state index in [1.807, 2.05) is 0 Å². The predicted octanol–water partition coefficient (Wildman–Crippen LogP) is 10.2. The lowest BCUT2D eigenvalue weighted by Gasteiger charge is -2.25. The van der Waals surface area contributed by atoms with Gasteiger partial charge in [0.05, 0.1) is 37.9 Å².